The molecule has 0 unspecified atom stereocenters. The summed E-state index contributed by atoms with van der Waals surface area (Å²) in [5.74, 6) is 1.22. The summed E-state index contributed by atoms with van der Waals surface area (Å²) in [5, 5.41) is 3.27. The van der Waals surface area contributed by atoms with Gasteiger partial charge in [0.15, 0.2) is 0 Å². The Labute approximate surface area is 116 Å². The molecule has 0 spiro atoms. The quantitative estimate of drug-likeness (QED) is 0.792. The highest BCUT2D eigenvalue weighted by molar-refractivity contribution is 5.30. The first-order valence-electron chi connectivity index (χ1n) is 6.79. The number of nitrogens with one attached hydrogen (secondary N) is 1. The molecule has 0 fully saturated rings. The van der Waals surface area contributed by atoms with Crippen molar-refractivity contribution < 1.29 is 4.74 Å². The van der Waals surface area contributed by atoms with E-state index in [1.54, 1.807) is 0 Å². The van der Waals surface area contributed by atoms with Gasteiger partial charge in [-0.05, 0) is 39.2 Å². The lowest BCUT2D eigenvalue weighted by Gasteiger charge is -2.24. The molecular formula is C14H26N4O. The Kier molecular flexibility index (Phi) is 5.54. The lowest BCUT2D eigenvalue weighted by atomic mass is 9.89. The van der Waals surface area contributed by atoms with Crippen LogP contribution < -0.4 is 15.8 Å². The van der Waals surface area contributed by atoms with E-state index < -0.39 is 0 Å². The normalized spacial score (nSPS) is 11.7. The van der Waals surface area contributed by atoms with Gasteiger partial charge >= 0.3 is 0 Å². The molecule has 1 aromatic rings. The molecule has 1 heterocycles. The molecule has 0 aliphatic carbocycles. The number of hydrogen-bond acceptors (Lipinski definition) is 5. The second-order valence-corrected chi connectivity index (χ2v) is 5.89. The molecular weight excluding hydrogens is 240 g/mol. The van der Waals surface area contributed by atoms with Gasteiger partial charge in [-0.15, -0.1) is 0 Å². The van der Waals surface area contributed by atoms with Gasteiger partial charge in [0.25, 0.3) is 0 Å². The molecule has 0 radical (unpaired) electrons. The Balaban J connectivity index is 2.70. The van der Waals surface area contributed by atoms with Crippen LogP contribution in [0.15, 0.2) is 6.07 Å². The Hall–Kier alpha value is -1.36. The molecule has 0 aliphatic heterocycles. The molecule has 108 valence electrons. The number of nitrogens with zero attached hydrogens (tertiary/aromatic N) is 2. The van der Waals surface area contributed by atoms with Crippen molar-refractivity contribution in [1.29, 1.82) is 0 Å². The zero-order valence-corrected chi connectivity index (χ0v) is 12.7. The SMILES string of the molecule is Cc1cc(OC(C)C)nc(NCC(C)(C)CCN)n1. The molecule has 5 heteroatoms. The predicted octanol–water partition coefficient (Wildman–Crippen LogP) is 2.36. The van der Waals surface area contributed by atoms with Gasteiger partial charge in [0.1, 0.15) is 0 Å². The van der Waals surface area contributed by atoms with E-state index in [9.17, 15) is 0 Å². The summed E-state index contributed by atoms with van der Waals surface area (Å²) in [7, 11) is 0. The van der Waals surface area contributed by atoms with Crippen molar-refractivity contribution in [2.24, 2.45) is 11.1 Å². The van der Waals surface area contributed by atoms with Crippen LogP contribution in [0.5, 0.6) is 5.88 Å². The molecule has 0 aromatic carbocycles. The zero-order valence-electron chi connectivity index (χ0n) is 12.7. The lowest BCUT2D eigenvalue weighted by molar-refractivity contribution is 0.232. The molecule has 1 rings (SSSR count). The average Bonchev–Trinajstić information content (AvgIpc) is 2.24. The van der Waals surface area contributed by atoms with Gasteiger partial charge in [-0.1, -0.05) is 13.8 Å². The fourth-order valence-electron chi connectivity index (χ4n) is 1.72. The van der Waals surface area contributed by atoms with Gasteiger partial charge in [0.2, 0.25) is 11.8 Å². The van der Waals surface area contributed by atoms with Crippen molar-refractivity contribution in [2.75, 3.05) is 18.4 Å². The smallest absolute Gasteiger partial charge is 0.226 e. The average molecular weight is 266 g/mol. The number of ether oxygens (including phenoxy) is 1. The van der Waals surface area contributed by atoms with Crippen LogP contribution in [0.1, 0.15) is 39.8 Å². The van der Waals surface area contributed by atoms with Crippen molar-refractivity contribution in [2.45, 2.75) is 47.1 Å². The highest BCUT2D eigenvalue weighted by Crippen LogP contribution is 2.20. The van der Waals surface area contributed by atoms with Crippen LogP contribution in [0, 0.1) is 12.3 Å². The van der Waals surface area contributed by atoms with E-state index in [0.717, 1.165) is 18.7 Å². The topological polar surface area (TPSA) is 73.1 Å². The van der Waals surface area contributed by atoms with E-state index in [0.29, 0.717) is 18.4 Å². The zero-order chi connectivity index (χ0) is 14.5. The highest BCUT2D eigenvalue weighted by Gasteiger charge is 2.17. The van der Waals surface area contributed by atoms with Crippen LogP contribution in [0.4, 0.5) is 5.95 Å². The minimum absolute atomic E-state index is 0.107. The Bertz CT molecular complexity index is 404. The third kappa shape index (κ3) is 5.87. The summed E-state index contributed by atoms with van der Waals surface area (Å²) >= 11 is 0. The Morgan fingerprint density at radius 1 is 1.37 bits per heavy atom. The standard InChI is InChI=1S/C14H26N4O/c1-10(2)19-12-8-11(3)17-13(18-12)16-9-14(4,5)6-7-15/h8,10H,6-7,9,15H2,1-5H3,(H,16,17,18). The molecule has 19 heavy (non-hydrogen) atoms. The van der Waals surface area contributed by atoms with E-state index >= 15 is 0 Å². The van der Waals surface area contributed by atoms with Gasteiger partial charge < -0.3 is 15.8 Å². The number of hydrogen-bond donors (Lipinski definition) is 2. The van der Waals surface area contributed by atoms with Crippen molar-refractivity contribution in [3.8, 4) is 5.88 Å². The summed E-state index contributed by atoms with van der Waals surface area (Å²) < 4.78 is 5.60. The van der Waals surface area contributed by atoms with Crippen molar-refractivity contribution >= 4 is 5.95 Å². The predicted molar refractivity (Wildman–Crippen MR) is 78.5 cm³/mol. The second-order valence-electron chi connectivity index (χ2n) is 5.89. The van der Waals surface area contributed by atoms with Crippen molar-refractivity contribution in [1.82, 2.24) is 9.97 Å². The minimum atomic E-state index is 0.107. The first-order chi connectivity index (χ1) is 8.82. The fraction of sp³-hybridized carbons (Fsp3) is 0.714. The van der Waals surface area contributed by atoms with Crippen LogP contribution in [0.3, 0.4) is 0 Å². The number of nitrogens with two attached hydrogens (primary N) is 1. The maximum absolute atomic E-state index is 5.61. The summed E-state index contributed by atoms with van der Waals surface area (Å²) in [6.07, 6.45) is 1.07. The Morgan fingerprint density at radius 3 is 2.63 bits per heavy atom. The second kappa shape index (κ2) is 6.70. The number of anilines is 1. The molecule has 3 N–H and O–H groups in total. The summed E-state index contributed by atoms with van der Waals surface area (Å²) in [5.41, 5.74) is 6.63. The van der Waals surface area contributed by atoms with E-state index in [2.05, 4.69) is 29.1 Å². The monoisotopic (exact) mass is 266 g/mol. The summed E-state index contributed by atoms with van der Waals surface area (Å²) in [6, 6.07) is 1.84. The van der Waals surface area contributed by atoms with E-state index in [-0.39, 0.29) is 11.5 Å². The molecule has 0 bridgehead atoms. The van der Waals surface area contributed by atoms with Crippen LogP contribution >= 0.6 is 0 Å². The van der Waals surface area contributed by atoms with E-state index in [4.69, 9.17) is 10.5 Å². The van der Waals surface area contributed by atoms with Gasteiger partial charge in [-0.3, -0.25) is 0 Å². The Morgan fingerprint density at radius 2 is 2.05 bits per heavy atom. The molecule has 0 amide bonds. The lowest BCUT2D eigenvalue weighted by Crippen LogP contribution is -2.26. The summed E-state index contributed by atoms with van der Waals surface area (Å²) in [6.45, 7) is 11.7. The van der Waals surface area contributed by atoms with Gasteiger partial charge in [-0.25, -0.2) is 4.98 Å². The largest absolute Gasteiger partial charge is 0.475 e. The van der Waals surface area contributed by atoms with Gasteiger partial charge in [0.05, 0.1) is 6.10 Å². The van der Waals surface area contributed by atoms with Gasteiger partial charge in [0, 0.05) is 18.3 Å². The van der Waals surface area contributed by atoms with Gasteiger partial charge in [-0.2, -0.15) is 4.98 Å². The first kappa shape index (κ1) is 15.7. The van der Waals surface area contributed by atoms with Crippen molar-refractivity contribution in [3.05, 3.63) is 11.8 Å². The fourth-order valence-corrected chi connectivity index (χ4v) is 1.72. The number of rotatable bonds is 7. The van der Waals surface area contributed by atoms with Crippen LogP contribution in [-0.2, 0) is 0 Å². The summed E-state index contributed by atoms with van der Waals surface area (Å²) in [4.78, 5) is 8.73. The van der Waals surface area contributed by atoms with Crippen molar-refractivity contribution in [3.63, 3.8) is 0 Å². The molecule has 0 saturated heterocycles. The number of aryl methyl sites for hydroxylation is 1. The van der Waals surface area contributed by atoms with E-state index in [1.807, 2.05) is 26.8 Å². The minimum Gasteiger partial charge on any atom is -0.475 e. The number of aromatic nitrogens is 2. The third-order valence-electron chi connectivity index (χ3n) is 2.73. The molecule has 0 saturated carbocycles. The van der Waals surface area contributed by atoms with Crippen LogP contribution in [-0.4, -0.2) is 29.2 Å². The molecule has 1 aromatic heterocycles. The molecule has 0 aliphatic rings. The molecule has 5 nitrogen and oxygen atoms in total. The first-order valence-corrected chi connectivity index (χ1v) is 6.79. The maximum Gasteiger partial charge on any atom is 0.226 e. The van der Waals surface area contributed by atoms with E-state index in [1.165, 1.54) is 0 Å². The third-order valence-corrected chi connectivity index (χ3v) is 2.73. The maximum atomic E-state index is 5.61. The van der Waals surface area contributed by atoms with Crippen LogP contribution in [0.2, 0.25) is 0 Å². The highest BCUT2D eigenvalue weighted by atomic mass is 16.5. The molecule has 0 atom stereocenters. The van der Waals surface area contributed by atoms with Crippen LogP contribution in [0.25, 0.3) is 0 Å².